The fourth-order valence-electron chi connectivity index (χ4n) is 3.31. The number of aromatic nitrogens is 4. The largest absolute Gasteiger partial charge is 0.372 e. The molecule has 6 heteroatoms. The zero-order chi connectivity index (χ0) is 15.0. The Balaban J connectivity index is 1.91. The summed E-state index contributed by atoms with van der Waals surface area (Å²) in [6.45, 7) is 6.56. The molecule has 1 N–H and O–H groups in total. The van der Waals surface area contributed by atoms with E-state index < -0.39 is 0 Å². The Hall–Kier alpha value is -1.69. The van der Waals surface area contributed by atoms with Crippen molar-refractivity contribution in [2.45, 2.75) is 39.3 Å². The molecule has 0 amide bonds. The predicted molar refractivity (Wildman–Crippen MR) is 84.1 cm³/mol. The number of aryl methyl sites for hydroxylation is 1. The van der Waals surface area contributed by atoms with Gasteiger partial charge in [0, 0.05) is 20.1 Å². The molecule has 21 heavy (non-hydrogen) atoms. The molecule has 114 valence electrons. The van der Waals surface area contributed by atoms with Crippen LogP contribution in [0.4, 0.5) is 5.82 Å². The van der Waals surface area contributed by atoms with E-state index in [0.717, 1.165) is 35.8 Å². The van der Waals surface area contributed by atoms with E-state index in [1.807, 2.05) is 25.0 Å². The van der Waals surface area contributed by atoms with E-state index in [-0.39, 0.29) is 0 Å². The van der Waals surface area contributed by atoms with Crippen LogP contribution >= 0.6 is 0 Å². The molecular weight excluding hydrogens is 264 g/mol. The minimum atomic E-state index is 0.647. The summed E-state index contributed by atoms with van der Waals surface area (Å²) in [5.41, 5.74) is 0.893. The molecule has 2 aromatic rings. The first-order valence-electron chi connectivity index (χ1n) is 7.70. The Morgan fingerprint density at radius 3 is 2.90 bits per heavy atom. The van der Waals surface area contributed by atoms with Crippen molar-refractivity contribution in [1.29, 1.82) is 0 Å². The molecule has 1 atom stereocenters. The molecule has 3 heterocycles. The number of fused-ring (bicyclic) bond motifs is 1. The van der Waals surface area contributed by atoms with Crippen LogP contribution in [0.2, 0.25) is 0 Å². The van der Waals surface area contributed by atoms with Gasteiger partial charge in [0.15, 0.2) is 5.65 Å². The van der Waals surface area contributed by atoms with Crippen LogP contribution in [0.5, 0.6) is 0 Å². The van der Waals surface area contributed by atoms with Crippen molar-refractivity contribution in [2.75, 3.05) is 18.9 Å². The predicted octanol–water partition coefficient (Wildman–Crippen LogP) is 2.03. The summed E-state index contributed by atoms with van der Waals surface area (Å²) in [5.74, 6) is 2.42. The lowest BCUT2D eigenvalue weighted by Gasteiger charge is -2.26. The van der Waals surface area contributed by atoms with E-state index in [2.05, 4.69) is 34.1 Å². The number of likely N-dealkylation sites (tertiary alicyclic amines) is 1. The van der Waals surface area contributed by atoms with Crippen molar-refractivity contribution in [3.63, 3.8) is 0 Å². The average Bonchev–Trinajstić information content (AvgIpc) is 3.06. The first kappa shape index (κ1) is 14.3. The molecule has 1 aliphatic rings. The van der Waals surface area contributed by atoms with Crippen LogP contribution in [0.15, 0.2) is 6.20 Å². The van der Waals surface area contributed by atoms with E-state index in [0.29, 0.717) is 12.0 Å². The van der Waals surface area contributed by atoms with Gasteiger partial charge in [0.25, 0.3) is 0 Å². The minimum absolute atomic E-state index is 0.647. The van der Waals surface area contributed by atoms with Crippen LogP contribution in [-0.2, 0) is 13.6 Å². The Morgan fingerprint density at radius 1 is 1.38 bits per heavy atom. The van der Waals surface area contributed by atoms with Gasteiger partial charge in [0.05, 0.1) is 18.1 Å². The first-order chi connectivity index (χ1) is 10.1. The maximum atomic E-state index is 4.71. The molecule has 2 aromatic heterocycles. The normalized spacial score (nSPS) is 19.8. The summed E-state index contributed by atoms with van der Waals surface area (Å²) >= 11 is 0. The molecule has 1 aliphatic heterocycles. The summed E-state index contributed by atoms with van der Waals surface area (Å²) in [6, 6.07) is 0.647. The second-order valence-corrected chi connectivity index (χ2v) is 6.17. The fourth-order valence-corrected chi connectivity index (χ4v) is 3.31. The minimum Gasteiger partial charge on any atom is -0.372 e. The van der Waals surface area contributed by atoms with Gasteiger partial charge < -0.3 is 5.32 Å². The molecule has 0 aliphatic carbocycles. The van der Waals surface area contributed by atoms with Crippen LogP contribution in [0.25, 0.3) is 11.0 Å². The number of hydrogen-bond acceptors (Lipinski definition) is 5. The third kappa shape index (κ3) is 2.60. The highest BCUT2D eigenvalue weighted by atomic mass is 15.3. The summed E-state index contributed by atoms with van der Waals surface area (Å²) in [6.07, 6.45) is 4.37. The average molecular weight is 288 g/mol. The van der Waals surface area contributed by atoms with Crippen molar-refractivity contribution in [1.82, 2.24) is 24.6 Å². The highest BCUT2D eigenvalue weighted by Crippen LogP contribution is 2.26. The molecule has 3 rings (SSSR count). The van der Waals surface area contributed by atoms with E-state index >= 15 is 0 Å². The highest BCUT2D eigenvalue weighted by molar-refractivity contribution is 5.86. The standard InChI is InChI=1S/C15H24N6/c1-10(2)12-6-5-7-21(12)9-13-18-14(16-3)11-8-17-20(4)15(11)19-13/h8,10,12H,5-7,9H2,1-4H3,(H,16,18,19). The van der Waals surface area contributed by atoms with Gasteiger partial charge in [-0.25, -0.2) is 9.97 Å². The molecule has 1 fully saturated rings. The molecule has 0 bridgehead atoms. The first-order valence-corrected chi connectivity index (χ1v) is 7.70. The molecule has 1 saturated heterocycles. The topological polar surface area (TPSA) is 58.9 Å². The third-order valence-corrected chi connectivity index (χ3v) is 4.40. The molecular formula is C15H24N6. The zero-order valence-electron chi connectivity index (χ0n) is 13.3. The third-order valence-electron chi connectivity index (χ3n) is 4.40. The van der Waals surface area contributed by atoms with Crippen LogP contribution in [0.1, 0.15) is 32.5 Å². The van der Waals surface area contributed by atoms with Gasteiger partial charge in [-0.2, -0.15) is 5.10 Å². The maximum Gasteiger partial charge on any atom is 0.163 e. The van der Waals surface area contributed by atoms with Crippen LogP contribution < -0.4 is 5.32 Å². The van der Waals surface area contributed by atoms with E-state index in [9.17, 15) is 0 Å². The molecule has 0 radical (unpaired) electrons. The lowest BCUT2D eigenvalue weighted by molar-refractivity contribution is 0.194. The van der Waals surface area contributed by atoms with Gasteiger partial charge in [-0.3, -0.25) is 9.58 Å². The quantitative estimate of drug-likeness (QED) is 0.933. The SMILES string of the molecule is CNc1nc(CN2CCCC2C(C)C)nc2c1cnn2C. The van der Waals surface area contributed by atoms with Gasteiger partial charge >= 0.3 is 0 Å². The van der Waals surface area contributed by atoms with Crippen molar-refractivity contribution < 1.29 is 0 Å². The van der Waals surface area contributed by atoms with Crippen LogP contribution in [0, 0.1) is 5.92 Å². The van der Waals surface area contributed by atoms with Crippen molar-refractivity contribution >= 4 is 16.9 Å². The van der Waals surface area contributed by atoms with E-state index in [1.165, 1.54) is 12.8 Å². The number of nitrogens with zero attached hydrogens (tertiary/aromatic N) is 5. The second-order valence-electron chi connectivity index (χ2n) is 6.17. The Bertz CT molecular complexity index is 632. The number of hydrogen-bond donors (Lipinski definition) is 1. The fraction of sp³-hybridized carbons (Fsp3) is 0.667. The van der Waals surface area contributed by atoms with Gasteiger partial charge in [-0.05, 0) is 25.3 Å². The Morgan fingerprint density at radius 2 is 2.19 bits per heavy atom. The van der Waals surface area contributed by atoms with Gasteiger partial charge in [0.2, 0.25) is 0 Å². The van der Waals surface area contributed by atoms with Gasteiger partial charge in [-0.1, -0.05) is 13.8 Å². The second kappa shape index (κ2) is 5.60. The monoisotopic (exact) mass is 288 g/mol. The van der Waals surface area contributed by atoms with Crippen molar-refractivity contribution in [2.24, 2.45) is 13.0 Å². The van der Waals surface area contributed by atoms with Crippen molar-refractivity contribution in [3.05, 3.63) is 12.0 Å². The Kier molecular flexibility index (Phi) is 3.80. The highest BCUT2D eigenvalue weighted by Gasteiger charge is 2.27. The zero-order valence-corrected chi connectivity index (χ0v) is 13.3. The van der Waals surface area contributed by atoms with Crippen LogP contribution in [0.3, 0.4) is 0 Å². The summed E-state index contributed by atoms with van der Waals surface area (Å²) < 4.78 is 1.81. The molecule has 1 unspecified atom stereocenters. The molecule has 0 aromatic carbocycles. The smallest absolute Gasteiger partial charge is 0.163 e. The lowest BCUT2D eigenvalue weighted by Crippen LogP contribution is -2.33. The number of nitrogens with one attached hydrogen (secondary N) is 1. The Labute approximate surface area is 125 Å². The van der Waals surface area contributed by atoms with Crippen molar-refractivity contribution in [3.8, 4) is 0 Å². The summed E-state index contributed by atoms with van der Waals surface area (Å²) in [7, 11) is 3.82. The van der Waals surface area contributed by atoms with E-state index in [4.69, 9.17) is 4.98 Å². The summed E-state index contributed by atoms with van der Waals surface area (Å²) in [5, 5.41) is 8.42. The maximum absolute atomic E-state index is 4.71. The summed E-state index contributed by atoms with van der Waals surface area (Å²) in [4.78, 5) is 11.9. The number of rotatable bonds is 4. The molecule has 0 saturated carbocycles. The molecule has 6 nitrogen and oxygen atoms in total. The lowest BCUT2D eigenvalue weighted by atomic mass is 10.0. The van der Waals surface area contributed by atoms with Gasteiger partial charge in [-0.15, -0.1) is 0 Å². The number of anilines is 1. The van der Waals surface area contributed by atoms with E-state index in [1.54, 1.807) is 0 Å². The van der Waals surface area contributed by atoms with Gasteiger partial charge in [0.1, 0.15) is 11.6 Å². The van der Waals surface area contributed by atoms with Crippen LogP contribution in [-0.4, -0.2) is 44.3 Å². The molecule has 0 spiro atoms.